The largest absolute Gasteiger partial charge is 0.337 e. The van der Waals surface area contributed by atoms with E-state index in [1.54, 1.807) is 0 Å². The van der Waals surface area contributed by atoms with Gasteiger partial charge in [-0.15, -0.1) is 0 Å². The van der Waals surface area contributed by atoms with Crippen LogP contribution in [0.3, 0.4) is 0 Å². The predicted molar refractivity (Wildman–Crippen MR) is 58.2 cm³/mol. The lowest BCUT2D eigenvalue weighted by Gasteiger charge is -2.38. The van der Waals surface area contributed by atoms with Gasteiger partial charge in [-0.05, 0) is 20.3 Å². The van der Waals surface area contributed by atoms with E-state index >= 15 is 0 Å². The highest BCUT2D eigenvalue weighted by atomic mass is 16.2. The van der Waals surface area contributed by atoms with Crippen molar-refractivity contribution in [3.8, 4) is 0 Å². The van der Waals surface area contributed by atoms with Crippen LogP contribution in [0.1, 0.15) is 40.0 Å². The highest BCUT2D eigenvalue weighted by Crippen LogP contribution is 2.11. The molecule has 0 saturated carbocycles. The highest BCUT2D eigenvalue weighted by molar-refractivity contribution is 5.76. The Morgan fingerprint density at radius 2 is 2.21 bits per heavy atom. The first-order chi connectivity index (χ1) is 6.66. The molecule has 0 bridgehead atoms. The topological polar surface area (TPSA) is 32.3 Å². The lowest BCUT2D eigenvalue weighted by atomic mass is 10.1. The van der Waals surface area contributed by atoms with Crippen LogP contribution in [-0.2, 0) is 4.79 Å². The molecular weight excluding hydrogens is 176 g/mol. The fourth-order valence-corrected chi connectivity index (χ4v) is 1.88. The molecule has 1 rings (SSSR count). The van der Waals surface area contributed by atoms with Crippen molar-refractivity contribution in [2.75, 3.05) is 13.1 Å². The highest BCUT2D eigenvalue weighted by Gasteiger charge is 2.27. The van der Waals surface area contributed by atoms with Crippen LogP contribution in [0, 0.1) is 0 Å². The Labute approximate surface area is 86.9 Å². The van der Waals surface area contributed by atoms with Gasteiger partial charge in [0.05, 0.1) is 0 Å². The number of nitrogens with one attached hydrogen (secondary N) is 1. The van der Waals surface area contributed by atoms with Gasteiger partial charge in [0, 0.05) is 31.6 Å². The Kier molecular flexibility index (Phi) is 4.39. The number of piperazine rings is 1. The van der Waals surface area contributed by atoms with E-state index in [9.17, 15) is 4.79 Å². The van der Waals surface area contributed by atoms with Crippen molar-refractivity contribution in [2.45, 2.75) is 52.1 Å². The summed E-state index contributed by atoms with van der Waals surface area (Å²) < 4.78 is 0. The summed E-state index contributed by atoms with van der Waals surface area (Å²) >= 11 is 0. The summed E-state index contributed by atoms with van der Waals surface area (Å²) in [5, 5.41) is 3.38. The molecule has 0 aromatic carbocycles. The number of nitrogens with zero attached hydrogens (tertiary/aromatic N) is 1. The molecule has 1 saturated heterocycles. The van der Waals surface area contributed by atoms with Crippen LogP contribution >= 0.6 is 0 Å². The Morgan fingerprint density at radius 3 is 2.86 bits per heavy atom. The molecule has 1 amide bonds. The van der Waals surface area contributed by atoms with Crippen LogP contribution in [0.4, 0.5) is 0 Å². The third-order valence-electron chi connectivity index (χ3n) is 3.10. The zero-order valence-corrected chi connectivity index (χ0v) is 9.55. The minimum atomic E-state index is 0.327. The summed E-state index contributed by atoms with van der Waals surface area (Å²) in [6.45, 7) is 8.19. The lowest BCUT2D eigenvalue weighted by molar-refractivity contribution is -0.134. The first kappa shape index (κ1) is 11.5. The molecule has 1 aliphatic rings. The average Bonchev–Trinajstić information content (AvgIpc) is 2.18. The van der Waals surface area contributed by atoms with E-state index in [1.807, 2.05) is 4.90 Å². The zero-order valence-electron chi connectivity index (χ0n) is 9.55. The third kappa shape index (κ3) is 2.71. The van der Waals surface area contributed by atoms with Gasteiger partial charge >= 0.3 is 0 Å². The molecule has 1 fully saturated rings. The van der Waals surface area contributed by atoms with Gasteiger partial charge in [-0.3, -0.25) is 4.79 Å². The molecule has 1 aliphatic heterocycles. The van der Waals surface area contributed by atoms with Gasteiger partial charge in [0.1, 0.15) is 0 Å². The van der Waals surface area contributed by atoms with Gasteiger partial charge in [0.25, 0.3) is 0 Å². The quantitative estimate of drug-likeness (QED) is 0.743. The van der Waals surface area contributed by atoms with Crippen molar-refractivity contribution in [3.63, 3.8) is 0 Å². The molecule has 14 heavy (non-hydrogen) atoms. The van der Waals surface area contributed by atoms with Crippen LogP contribution in [0.5, 0.6) is 0 Å². The van der Waals surface area contributed by atoms with Crippen LogP contribution in [0.15, 0.2) is 0 Å². The maximum absolute atomic E-state index is 11.8. The van der Waals surface area contributed by atoms with Crippen molar-refractivity contribution in [2.24, 2.45) is 0 Å². The van der Waals surface area contributed by atoms with E-state index in [0.29, 0.717) is 24.4 Å². The summed E-state index contributed by atoms with van der Waals surface area (Å²) in [5.41, 5.74) is 0. The summed E-state index contributed by atoms with van der Waals surface area (Å²) in [4.78, 5) is 13.8. The first-order valence-electron chi connectivity index (χ1n) is 5.69. The SMILES string of the molecule is CCCCC(=O)N1CCNC(C)C1C. The summed E-state index contributed by atoms with van der Waals surface area (Å²) in [6.07, 6.45) is 2.83. The van der Waals surface area contributed by atoms with Crippen LogP contribution in [0.25, 0.3) is 0 Å². The maximum atomic E-state index is 11.8. The minimum absolute atomic E-state index is 0.327. The van der Waals surface area contributed by atoms with E-state index in [2.05, 4.69) is 26.1 Å². The van der Waals surface area contributed by atoms with E-state index in [0.717, 1.165) is 25.9 Å². The molecule has 2 atom stereocenters. The molecule has 0 aromatic rings. The Balaban J connectivity index is 2.44. The number of carbonyl (C=O) groups is 1. The fourth-order valence-electron chi connectivity index (χ4n) is 1.88. The van der Waals surface area contributed by atoms with Crippen LogP contribution in [0.2, 0.25) is 0 Å². The molecule has 1 N–H and O–H groups in total. The fraction of sp³-hybridized carbons (Fsp3) is 0.909. The molecule has 0 spiro atoms. The van der Waals surface area contributed by atoms with Crippen molar-refractivity contribution >= 4 is 5.91 Å². The van der Waals surface area contributed by atoms with Gasteiger partial charge < -0.3 is 10.2 Å². The lowest BCUT2D eigenvalue weighted by Crippen LogP contribution is -2.57. The van der Waals surface area contributed by atoms with Gasteiger partial charge in [-0.2, -0.15) is 0 Å². The molecular formula is C11H22N2O. The van der Waals surface area contributed by atoms with E-state index in [1.165, 1.54) is 0 Å². The Morgan fingerprint density at radius 1 is 1.50 bits per heavy atom. The molecule has 82 valence electrons. The zero-order chi connectivity index (χ0) is 10.6. The molecule has 0 aliphatic carbocycles. The molecule has 3 heteroatoms. The standard InChI is InChI=1S/C11H22N2O/c1-4-5-6-11(14)13-8-7-12-9(2)10(13)3/h9-10,12H,4-8H2,1-3H3. The number of hydrogen-bond donors (Lipinski definition) is 1. The second kappa shape index (κ2) is 5.35. The first-order valence-corrected chi connectivity index (χ1v) is 5.69. The summed E-state index contributed by atoms with van der Waals surface area (Å²) in [5.74, 6) is 0.327. The number of rotatable bonds is 3. The Bertz CT molecular complexity index is 194. The van der Waals surface area contributed by atoms with Crippen LogP contribution in [-0.4, -0.2) is 36.0 Å². The molecule has 1 heterocycles. The van der Waals surface area contributed by atoms with Gasteiger partial charge in [0.2, 0.25) is 5.91 Å². The van der Waals surface area contributed by atoms with Crippen molar-refractivity contribution in [1.29, 1.82) is 0 Å². The van der Waals surface area contributed by atoms with E-state index in [4.69, 9.17) is 0 Å². The van der Waals surface area contributed by atoms with Crippen molar-refractivity contribution < 1.29 is 4.79 Å². The molecule has 2 unspecified atom stereocenters. The number of unbranched alkanes of at least 4 members (excludes halogenated alkanes) is 1. The Hall–Kier alpha value is -0.570. The molecule has 0 aromatic heterocycles. The molecule has 0 radical (unpaired) electrons. The summed E-state index contributed by atoms with van der Waals surface area (Å²) in [7, 11) is 0. The van der Waals surface area contributed by atoms with Gasteiger partial charge in [-0.25, -0.2) is 0 Å². The van der Waals surface area contributed by atoms with Crippen molar-refractivity contribution in [3.05, 3.63) is 0 Å². The number of hydrogen-bond acceptors (Lipinski definition) is 2. The van der Waals surface area contributed by atoms with Crippen LogP contribution < -0.4 is 5.32 Å². The second-order valence-electron chi connectivity index (χ2n) is 4.17. The maximum Gasteiger partial charge on any atom is 0.222 e. The number of carbonyl (C=O) groups excluding carboxylic acids is 1. The minimum Gasteiger partial charge on any atom is -0.337 e. The smallest absolute Gasteiger partial charge is 0.222 e. The van der Waals surface area contributed by atoms with Gasteiger partial charge in [-0.1, -0.05) is 13.3 Å². The van der Waals surface area contributed by atoms with E-state index in [-0.39, 0.29) is 0 Å². The molecule has 3 nitrogen and oxygen atoms in total. The predicted octanol–water partition coefficient (Wildman–Crippen LogP) is 1.39. The normalized spacial score (nSPS) is 27.8. The third-order valence-corrected chi connectivity index (χ3v) is 3.10. The van der Waals surface area contributed by atoms with E-state index < -0.39 is 0 Å². The average molecular weight is 198 g/mol. The summed E-state index contributed by atoms with van der Waals surface area (Å²) in [6, 6.07) is 0.766. The number of amides is 1. The van der Waals surface area contributed by atoms with Crippen molar-refractivity contribution in [1.82, 2.24) is 10.2 Å². The second-order valence-corrected chi connectivity index (χ2v) is 4.17. The monoisotopic (exact) mass is 198 g/mol. The van der Waals surface area contributed by atoms with Gasteiger partial charge in [0.15, 0.2) is 0 Å².